The Kier molecular flexibility index (Phi) is 3.73. The highest BCUT2D eigenvalue weighted by atomic mass is 19.4. The Morgan fingerprint density at radius 3 is 2.67 bits per heavy atom. The molecule has 0 radical (unpaired) electrons. The number of aliphatic carboxylic acids is 1. The Morgan fingerprint density at radius 1 is 1.33 bits per heavy atom. The van der Waals surface area contributed by atoms with Gasteiger partial charge in [0.05, 0.1) is 6.42 Å². The van der Waals surface area contributed by atoms with Crippen LogP contribution in [0.1, 0.15) is 12.1 Å². The molecular formula is C15H13F3N2O4. The number of carbonyl (C=O) groups excluding carboxylic acids is 1. The monoisotopic (exact) mass is 342 g/mol. The van der Waals surface area contributed by atoms with E-state index >= 15 is 0 Å². The van der Waals surface area contributed by atoms with Gasteiger partial charge in [-0.15, -0.1) is 0 Å². The molecule has 0 bridgehead atoms. The van der Waals surface area contributed by atoms with Crippen LogP contribution in [-0.2, 0) is 16.0 Å². The van der Waals surface area contributed by atoms with Gasteiger partial charge in [-0.2, -0.15) is 13.2 Å². The van der Waals surface area contributed by atoms with E-state index in [-0.39, 0.29) is 13.0 Å². The van der Waals surface area contributed by atoms with Crippen molar-refractivity contribution in [1.82, 2.24) is 10.1 Å². The lowest BCUT2D eigenvalue weighted by molar-refractivity contribution is -0.227. The van der Waals surface area contributed by atoms with Gasteiger partial charge in [0.1, 0.15) is 5.69 Å². The van der Waals surface area contributed by atoms with Gasteiger partial charge in [0, 0.05) is 18.5 Å². The molecule has 1 fully saturated rings. The predicted octanol–water partition coefficient (Wildman–Crippen LogP) is 2.24. The van der Waals surface area contributed by atoms with Crippen LogP contribution in [-0.4, -0.2) is 46.3 Å². The number of rotatable bonds is 3. The zero-order valence-electron chi connectivity index (χ0n) is 12.3. The summed E-state index contributed by atoms with van der Waals surface area (Å²) in [6, 6.07) is 6.80. The molecule has 1 aromatic heterocycles. The number of alkyl halides is 3. The lowest BCUT2D eigenvalue weighted by Crippen LogP contribution is -2.47. The molecular weight excluding hydrogens is 329 g/mol. The number of likely N-dealkylation sites (tertiary alicyclic amines) is 1. The van der Waals surface area contributed by atoms with Crippen molar-refractivity contribution < 1.29 is 32.4 Å². The summed E-state index contributed by atoms with van der Waals surface area (Å²) < 4.78 is 44.5. The van der Waals surface area contributed by atoms with E-state index in [1.165, 1.54) is 0 Å². The fourth-order valence-corrected chi connectivity index (χ4v) is 2.87. The fraction of sp³-hybridized carbons (Fsp3) is 0.400. The van der Waals surface area contributed by atoms with Crippen molar-refractivity contribution in [2.45, 2.75) is 19.0 Å². The molecule has 1 aliphatic heterocycles. The molecule has 2 heterocycles. The second-order valence-corrected chi connectivity index (χ2v) is 5.75. The van der Waals surface area contributed by atoms with Crippen molar-refractivity contribution >= 4 is 22.8 Å². The number of aromatic nitrogens is 1. The molecule has 0 spiro atoms. The Balaban J connectivity index is 1.78. The van der Waals surface area contributed by atoms with Crippen LogP contribution in [0.25, 0.3) is 11.0 Å². The lowest BCUT2D eigenvalue weighted by atomic mass is 9.86. The predicted molar refractivity (Wildman–Crippen MR) is 75.0 cm³/mol. The highest BCUT2D eigenvalue weighted by molar-refractivity contribution is 5.87. The number of carbonyl (C=O) groups is 2. The zero-order chi connectivity index (χ0) is 17.5. The van der Waals surface area contributed by atoms with Crippen LogP contribution in [0.2, 0.25) is 0 Å². The normalized spacial score (nSPS) is 21.4. The first kappa shape index (κ1) is 16.3. The van der Waals surface area contributed by atoms with Gasteiger partial charge in [0.2, 0.25) is 5.91 Å². The van der Waals surface area contributed by atoms with Gasteiger partial charge in [-0.05, 0) is 18.6 Å². The lowest BCUT2D eigenvalue weighted by Gasteiger charge is -2.27. The summed E-state index contributed by atoms with van der Waals surface area (Å²) in [5, 5.41) is 13.4. The summed E-state index contributed by atoms with van der Waals surface area (Å²) in [4.78, 5) is 24.3. The highest BCUT2D eigenvalue weighted by Crippen LogP contribution is 2.45. The molecule has 6 nitrogen and oxygen atoms in total. The number of para-hydroxylation sites is 1. The van der Waals surface area contributed by atoms with Crippen LogP contribution in [0.4, 0.5) is 13.2 Å². The summed E-state index contributed by atoms with van der Waals surface area (Å²) >= 11 is 0. The van der Waals surface area contributed by atoms with Crippen LogP contribution in [0.15, 0.2) is 28.8 Å². The third-order valence-corrected chi connectivity index (χ3v) is 4.34. The standard InChI is InChI=1S/C15H13F3N2O4/c16-15(17,18)14(13(22)23)5-6-20(8-14)12(21)7-10-9-3-1-2-4-11(9)24-19-10/h1-4H,5-8H2,(H,22,23). The number of amides is 1. The average Bonchev–Trinajstić information content (AvgIpc) is 3.12. The number of fused-ring (bicyclic) bond motifs is 1. The maximum absolute atomic E-state index is 13.1. The van der Waals surface area contributed by atoms with Crippen molar-refractivity contribution in [1.29, 1.82) is 0 Å². The van der Waals surface area contributed by atoms with E-state index in [1.54, 1.807) is 24.3 Å². The van der Waals surface area contributed by atoms with E-state index in [9.17, 15) is 22.8 Å². The molecule has 0 saturated carbocycles. The van der Waals surface area contributed by atoms with Gasteiger partial charge < -0.3 is 14.5 Å². The minimum atomic E-state index is -4.92. The van der Waals surface area contributed by atoms with Gasteiger partial charge in [0.15, 0.2) is 11.0 Å². The van der Waals surface area contributed by atoms with Crippen molar-refractivity contribution in [2.24, 2.45) is 5.41 Å². The van der Waals surface area contributed by atoms with Crippen molar-refractivity contribution in [3.05, 3.63) is 30.0 Å². The van der Waals surface area contributed by atoms with Gasteiger partial charge in [-0.3, -0.25) is 9.59 Å². The molecule has 1 saturated heterocycles. The van der Waals surface area contributed by atoms with Crippen molar-refractivity contribution in [3.8, 4) is 0 Å². The summed E-state index contributed by atoms with van der Waals surface area (Å²) in [6.07, 6.45) is -5.82. The zero-order valence-corrected chi connectivity index (χ0v) is 12.3. The van der Waals surface area contributed by atoms with Crippen LogP contribution < -0.4 is 0 Å². The quantitative estimate of drug-likeness (QED) is 0.925. The SMILES string of the molecule is O=C(Cc1noc2ccccc12)N1CCC(C(=O)O)(C(F)(F)F)C1. The third kappa shape index (κ3) is 2.49. The number of hydrogen-bond donors (Lipinski definition) is 1. The van der Waals surface area contributed by atoms with Gasteiger partial charge in [0.25, 0.3) is 0 Å². The van der Waals surface area contributed by atoms with Gasteiger partial charge in [-0.25, -0.2) is 0 Å². The molecule has 1 N–H and O–H groups in total. The Bertz CT molecular complexity index is 801. The molecule has 3 rings (SSSR count). The van der Waals surface area contributed by atoms with E-state index in [0.717, 1.165) is 4.90 Å². The number of carboxylic acid groups (broad SMARTS) is 1. The molecule has 1 aromatic carbocycles. The molecule has 0 aliphatic carbocycles. The first-order valence-electron chi connectivity index (χ1n) is 7.16. The first-order valence-corrected chi connectivity index (χ1v) is 7.16. The summed E-state index contributed by atoms with van der Waals surface area (Å²) in [5.41, 5.74) is -2.12. The Morgan fingerprint density at radius 2 is 2.04 bits per heavy atom. The maximum atomic E-state index is 13.1. The molecule has 24 heavy (non-hydrogen) atoms. The van der Waals surface area contributed by atoms with Crippen LogP contribution in [0, 0.1) is 5.41 Å². The third-order valence-electron chi connectivity index (χ3n) is 4.34. The fourth-order valence-electron chi connectivity index (χ4n) is 2.87. The van der Waals surface area contributed by atoms with E-state index in [1.807, 2.05) is 0 Å². The number of nitrogens with zero attached hydrogens (tertiary/aromatic N) is 2. The Hall–Kier alpha value is -2.58. The molecule has 1 atom stereocenters. The maximum Gasteiger partial charge on any atom is 0.406 e. The topological polar surface area (TPSA) is 83.6 Å². The average molecular weight is 342 g/mol. The smallest absolute Gasteiger partial charge is 0.406 e. The second kappa shape index (κ2) is 5.50. The molecule has 1 amide bonds. The summed E-state index contributed by atoms with van der Waals surface area (Å²) in [5.74, 6) is -2.57. The van der Waals surface area contributed by atoms with E-state index in [0.29, 0.717) is 16.7 Å². The van der Waals surface area contributed by atoms with E-state index < -0.39 is 36.4 Å². The summed E-state index contributed by atoms with van der Waals surface area (Å²) in [6.45, 7) is -1.15. The van der Waals surface area contributed by atoms with Crippen LogP contribution in [0.5, 0.6) is 0 Å². The minimum Gasteiger partial charge on any atom is -0.481 e. The molecule has 128 valence electrons. The molecule has 9 heteroatoms. The van der Waals surface area contributed by atoms with E-state index in [2.05, 4.69) is 5.16 Å². The number of hydrogen-bond acceptors (Lipinski definition) is 4. The minimum absolute atomic E-state index is 0.245. The first-order chi connectivity index (χ1) is 11.2. The second-order valence-electron chi connectivity index (χ2n) is 5.75. The number of carboxylic acids is 1. The Labute approximate surface area is 133 Å². The molecule has 2 aromatic rings. The highest BCUT2D eigenvalue weighted by Gasteiger charge is 2.64. The van der Waals surface area contributed by atoms with E-state index in [4.69, 9.17) is 9.63 Å². The number of benzene rings is 1. The van der Waals surface area contributed by atoms with Crippen molar-refractivity contribution in [3.63, 3.8) is 0 Å². The molecule has 1 unspecified atom stereocenters. The van der Waals surface area contributed by atoms with Gasteiger partial charge >= 0.3 is 12.1 Å². The summed E-state index contributed by atoms with van der Waals surface area (Å²) in [7, 11) is 0. The number of halogens is 3. The van der Waals surface area contributed by atoms with Crippen molar-refractivity contribution in [2.75, 3.05) is 13.1 Å². The largest absolute Gasteiger partial charge is 0.481 e. The van der Waals surface area contributed by atoms with Gasteiger partial charge in [-0.1, -0.05) is 17.3 Å². The molecule has 1 aliphatic rings. The van der Waals surface area contributed by atoms with Crippen LogP contribution in [0.3, 0.4) is 0 Å². The van der Waals surface area contributed by atoms with Crippen LogP contribution >= 0.6 is 0 Å².